The van der Waals surface area contributed by atoms with E-state index < -0.39 is 0 Å². The lowest BCUT2D eigenvalue weighted by Gasteiger charge is -2.35. The first-order valence-corrected chi connectivity index (χ1v) is 12.8. The second kappa shape index (κ2) is 13.1. The first-order chi connectivity index (χ1) is 16.0. The fraction of sp³-hybridized carbons (Fsp3) is 0.556. The quantitative estimate of drug-likeness (QED) is 0.230. The number of nitrogens with zero attached hydrogens (tertiary/aromatic N) is 1. The van der Waals surface area contributed by atoms with E-state index in [1.165, 1.54) is 31.2 Å². The summed E-state index contributed by atoms with van der Waals surface area (Å²) in [4.78, 5) is 2.63. The molecule has 0 bridgehead atoms. The minimum atomic E-state index is -0.00291. The molecule has 1 aliphatic rings. The first-order valence-electron chi connectivity index (χ1n) is 12.4. The van der Waals surface area contributed by atoms with Crippen LogP contribution in [0.4, 0.5) is 0 Å². The van der Waals surface area contributed by atoms with E-state index in [0.717, 1.165) is 69.4 Å². The van der Waals surface area contributed by atoms with Gasteiger partial charge in [0.05, 0.1) is 5.02 Å². The number of halogens is 1. The summed E-state index contributed by atoms with van der Waals surface area (Å²) in [5, 5.41) is 33.3. The molecule has 0 amide bonds. The van der Waals surface area contributed by atoms with E-state index in [4.69, 9.17) is 11.6 Å². The second-order valence-electron chi connectivity index (χ2n) is 9.20. The summed E-state index contributed by atoms with van der Waals surface area (Å²) in [7, 11) is 0. The van der Waals surface area contributed by atoms with E-state index in [9.17, 15) is 15.3 Å². The van der Waals surface area contributed by atoms with Gasteiger partial charge in [-0.1, -0.05) is 43.5 Å². The standard InChI is InChI=1S/C27H39ClN2O3/c1-2-16-30(22-9-10-23-21(19-22)8-12-26(32)27(23)33)17-6-4-3-5-14-29-15-13-20-7-11-25(31)24(28)18-20/h7-8,11-12,18,22,29,31-33H,2-6,9-10,13-17,19H2,1H3. The highest BCUT2D eigenvalue weighted by atomic mass is 35.5. The third-order valence-corrected chi connectivity index (χ3v) is 7.02. The van der Waals surface area contributed by atoms with Crippen molar-refractivity contribution >= 4 is 11.6 Å². The van der Waals surface area contributed by atoms with Gasteiger partial charge in [0, 0.05) is 11.6 Å². The Morgan fingerprint density at radius 1 is 0.970 bits per heavy atom. The molecule has 4 N–H and O–H groups in total. The van der Waals surface area contributed by atoms with E-state index in [-0.39, 0.29) is 17.2 Å². The molecule has 0 aromatic heterocycles. The van der Waals surface area contributed by atoms with Gasteiger partial charge in [0.15, 0.2) is 11.5 Å². The molecule has 0 aliphatic heterocycles. The average Bonchev–Trinajstić information content (AvgIpc) is 2.81. The molecular weight excluding hydrogens is 436 g/mol. The number of hydrogen-bond donors (Lipinski definition) is 4. The van der Waals surface area contributed by atoms with Gasteiger partial charge in [-0.25, -0.2) is 0 Å². The van der Waals surface area contributed by atoms with E-state index in [1.807, 2.05) is 18.2 Å². The largest absolute Gasteiger partial charge is 0.506 e. The Morgan fingerprint density at radius 3 is 2.55 bits per heavy atom. The average molecular weight is 475 g/mol. The van der Waals surface area contributed by atoms with Crippen molar-refractivity contribution in [3.63, 3.8) is 0 Å². The first kappa shape index (κ1) is 25.7. The molecule has 1 atom stereocenters. The van der Waals surface area contributed by atoms with Crippen molar-refractivity contribution in [1.29, 1.82) is 0 Å². The van der Waals surface area contributed by atoms with Crippen molar-refractivity contribution in [2.75, 3.05) is 26.2 Å². The van der Waals surface area contributed by atoms with Crippen LogP contribution in [0.2, 0.25) is 5.02 Å². The highest BCUT2D eigenvalue weighted by Gasteiger charge is 2.26. The van der Waals surface area contributed by atoms with Crippen molar-refractivity contribution in [1.82, 2.24) is 10.2 Å². The molecular formula is C27H39ClN2O3. The number of fused-ring (bicyclic) bond motifs is 1. The zero-order chi connectivity index (χ0) is 23.6. The van der Waals surface area contributed by atoms with Crippen molar-refractivity contribution < 1.29 is 15.3 Å². The number of phenols is 3. The lowest BCUT2D eigenvalue weighted by molar-refractivity contribution is 0.175. The topological polar surface area (TPSA) is 76.0 Å². The Labute approximate surface area is 203 Å². The van der Waals surface area contributed by atoms with E-state index >= 15 is 0 Å². The number of unbranched alkanes of at least 4 members (excludes halogenated alkanes) is 3. The van der Waals surface area contributed by atoms with E-state index in [2.05, 4.69) is 17.1 Å². The van der Waals surface area contributed by atoms with Crippen molar-refractivity contribution in [2.45, 2.75) is 70.8 Å². The molecule has 2 aromatic carbocycles. The Balaban J connectivity index is 1.30. The third kappa shape index (κ3) is 7.53. The van der Waals surface area contributed by atoms with Crippen LogP contribution in [0.15, 0.2) is 30.3 Å². The van der Waals surface area contributed by atoms with Gasteiger partial charge in [-0.2, -0.15) is 0 Å². The number of rotatable bonds is 13. The molecule has 2 aromatic rings. The Morgan fingerprint density at radius 2 is 1.76 bits per heavy atom. The fourth-order valence-electron chi connectivity index (χ4n) is 4.86. The summed E-state index contributed by atoms with van der Waals surface area (Å²) in [6.07, 6.45) is 9.78. The van der Waals surface area contributed by atoms with Gasteiger partial charge in [0.2, 0.25) is 0 Å². The summed E-state index contributed by atoms with van der Waals surface area (Å²) in [6.45, 7) is 6.44. The highest BCUT2D eigenvalue weighted by Crippen LogP contribution is 2.36. The molecule has 0 saturated carbocycles. The van der Waals surface area contributed by atoms with E-state index in [1.54, 1.807) is 12.1 Å². The summed E-state index contributed by atoms with van der Waals surface area (Å²) in [6, 6.07) is 9.52. The number of benzene rings is 2. The van der Waals surface area contributed by atoms with Gasteiger partial charge in [-0.15, -0.1) is 0 Å². The van der Waals surface area contributed by atoms with Crippen molar-refractivity contribution in [2.24, 2.45) is 0 Å². The van der Waals surface area contributed by atoms with Gasteiger partial charge in [0.25, 0.3) is 0 Å². The Hall–Kier alpha value is -1.95. The maximum absolute atomic E-state index is 10.1. The molecule has 6 heteroatoms. The zero-order valence-electron chi connectivity index (χ0n) is 19.8. The van der Waals surface area contributed by atoms with Gasteiger partial charge in [-0.3, -0.25) is 0 Å². The maximum Gasteiger partial charge on any atom is 0.160 e. The summed E-state index contributed by atoms with van der Waals surface area (Å²) in [5.74, 6) is 0.212. The molecule has 1 aliphatic carbocycles. The normalized spacial score (nSPS) is 15.7. The fourth-order valence-corrected chi connectivity index (χ4v) is 5.06. The Bertz CT molecular complexity index is 890. The smallest absolute Gasteiger partial charge is 0.160 e. The predicted molar refractivity (Wildman–Crippen MR) is 136 cm³/mol. The summed E-state index contributed by atoms with van der Waals surface area (Å²) < 4.78 is 0. The number of nitrogens with one attached hydrogen (secondary N) is 1. The second-order valence-corrected chi connectivity index (χ2v) is 9.61. The zero-order valence-corrected chi connectivity index (χ0v) is 20.6. The predicted octanol–water partition coefficient (Wildman–Crippen LogP) is 5.42. The van der Waals surface area contributed by atoms with Gasteiger partial charge in [-0.05, 0) is 100 Å². The SMILES string of the molecule is CCCN(CCCCCCNCCc1ccc(O)c(Cl)c1)C1CCc2c(ccc(O)c2O)C1. The van der Waals surface area contributed by atoms with Gasteiger partial charge < -0.3 is 25.5 Å². The molecule has 3 rings (SSSR count). The lowest BCUT2D eigenvalue weighted by atomic mass is 9.86. The van der Waals surface area contributed by atoms with Crippen LogP contribution in [0, 0.1) is 0 Å². The Kier molecular flexibility index (Phi) is 10.2. The number of phenolic OH excluding ortho intramolecular Hbond substituents is 3. The third-order valence-electron chi connectivity index (χ3n) is 6.72. The number of aromatic hydroxyl groups is 3. The minimum Gasteiger partial charge on any atom is -0.506 e. The highest BCUT2D eigenvalue weighted by molar-refractivity contribution is 6.32. The van der Waals surface area contributed by atoms with Crippen LogP contribution in [0.3, 0.4) is 0 Å². The maximum atomic E-state index is 10.1. The van der Waals surface area contributed by atoms with Gasteiger partial charge in [0.1, 0.15) is 5.75 Å². The monoisotopic (exact) mass is 474 g/mol. The lowest BCUT2D eigenvalue weighted by Crippen LogP contribution is -2.40. The van der Waals surface area contributed by atoms with Crippen LogP contribution in [0.25, 0.3) is 0 Å². The molecule has 5 nitrogen and oxygen atoms in total. The molecule has 0 saturated heterocycles. The van der Waals surface area contributed by atoms with Crippen LogP contribution in [0.5, 0.6) is 17.2 Å². The van der Waals surface area contributed by atoms with E-state index in [0.29, 0.717) is 11.1 Å². The number of hydrogen-bond acceptors (Lipinski definition) is 5. The van der Waals surface area contributed by atoms with Crippen LogP contribution < -0.4 is 5.32 Å². The molecule has 0 heterocycles. The molecule has 182 valence electrons. The van der Waals surface area contributed by atoms with Crippen LogP contribution >= 0.6 is 11.6 Å². The summed E-state index contributed by atoms with van der Waals surface area (Å²) in [5.41, 5.74) is 3.26. The molecule has 0 spiro atoms. The van der Waals surface area contributed by atoms with Gasteiger partial charge >= 0.3 is 0 Å². The molecule has 0 fully saturated rings. The van der Waals surface area contributed by atoms with Crippen LogP contribution in [-0.4, -0.2) is 52.4 Å². The van der Waals surface area contributed by atoms with Crippen LogP contribution in [0.1, 0.15) is 62.1 Å². The molecule has 0 radical (unpaired) electrons. The summed E-state index contributed by atoms with van der Waals surface area (Å²) >= 11 is 5.96. The van der Waals surface area contributed by atoms with Crippen LogP contribution in [-0.2, 0) is 19.3 Å². The van der Waals surface area contributed by atoms with Crippen molar-refractivity contribution in [3.8, 4) is 17.2 Å². The van der Waals surface area contributed by atoms with Crippen molar-refractivity contribution in [3.05, 3.63) is 52.0 Å². The molecule has 1 unspecified atom stereocenters. The molecule has 33 heavy (non-hydrogen) atoms. The minimum absolute atomic E-state index is 0.00291.